The summed E-state index contributed by atoms with van der Waals surface area (Å²) in [4.78, 5) is 13.5. The maximum atomic E-state index is 11.4. The molecule has 2 aromatic rings. The monoisotopic (exact) mass is 285 g/mol. The van der Waals surface area contributed by atoms with Crippen LogP contribution in [0.1, 0.15) is 11.3 Å². The van der Waals surface area contributed by atoms with Crippen molar-refractivity contribution >= 4 is 0 Å². The Morgan fingerprint density at radius 3 is 2.71 bits per heavy atom. The SMILES string of the molecule is C=CCN(CCc1ccccc1)Cc1cc(=O)c(O)co1. The fraction of sp³-hybridized carbons (Fsp3) is 0.235. The number of hydrogen-bond donors (Lipinski definition) is 1. The van der Waals surface area contributed by atoms with E-state index in [-0.39, 0.29) is 5.75 Å². The minimum atomic E-state index is -0.419. The predicted molar refractivity (Wildman–Crippen MR) is 82.3 cm³/mol. The molecule has 1 aromatic carbocycles. The van der Waals surface area contributed by atoms with E-state index in [1.54, 1.807) is 0 Å². The van der Waals surface area contributed by atoms with Gasteiger partial charge in [-0.3, -0.25) is 9.69 Å². The van der Waals surface area contributed by atoms with Crippen LogP contribution in [0.25, 0.3) is 0 Å². The van der Waals surface area contributed by atoms with Crippen molar-refractivity contribution in [3.8, 4) is 5.75 Å². The highest BCUT2D eigenvalue weighted by Gasteiger charge is 2.08. The lowest BCUT2D eigenvalue weighted by Crippen LogP contribution is -2.26. The van der Waals surface area contributed by atoms with Crippen LogP contribution < -0.4 is 5.43 Å². The summed E-state index contributed by atoms with van der Waals surface area (Å²) in [5, 5.41) is 9.20. The van der Waals surface area contributed by atoms with Crippen LogP contribution in [0.4, 0.5) is 0 Å². The van der Waals surface area contributed by atoms with Gasteiger partial charge in [-0.25, -0.2) is 0 Å². The molecule has 0 fully saturated rings. The van der Waals surface area contributed by atoms with Crippen molar-refractivity contribution < 1.29 is 9.52 Å². The van der Waals surface area contributed by atoms with Crippen LogP contribution in [0.15, 0.2) is 64.5 Å². The number of aromatic hydroxyl groups is 1. The lowest BCUT2D eigenvalue weighted by molar-refractivity contribution is 0.265. The summed E-state index contributed by atoms with van der Waals surface area (Å²) in [5.41, 5.74) is 0.844. The Morgan fingerprint density at radius 1 is 1.29 bits per heavy atom. The van der Waals surface area contributed by atoms with Crippen LogP contribution >= 0.6 is 0 Å². The largest absolute Gasteiger partial charge is 0.502 e. The minimum absolute atomic E-state index is 0.363. The Hall–Kier alpha value is -2.33. The first-order chi connectivity index (χ1) is 10.2. The molecule has 4 heteroatoms. The molecule has 0 saturated carbocycles. The summed E-state index contributed by atoms with van der Waals surface area (Å²) in [6, 6.07) is 11.5. The van der Waals surface area contributed by atoms with Crippen LogP contribution in [0.3, 0.4) is 0 Å². The van der Waals surface area contributed by atoms with E-state index in [1.807, 2.05) is 24.3 Å². The van der Waals surface area contributed by atoms with Crippen molar-refractivity contribution in [2.75, 3.05) is 13.1 Å². The van der Waals surface area contributed by atoms with Crippen molar-refractivity contribution in [1.82, 2.24) is 4.90 Å². The Kier molecular flexibility index (Phi) is 5.35. The van der Waals surface area contributed by atoms with Crippen LogP contribution in [-0.4, -0.2) is 23.1 Å². The van der Waals surface area contributed by atoms with Gasteiger partial charge in [0.25, 0.3) is 0 Å². The van der Waals surface area contributed by atoms with Gasteiger partial charge in [-0.15, -0.1) is 6.58 Å². The zero-order valence-corrected chi connectivity index (χ0v) is 11.9. The average Bonchev–Trinajstić information content (AvgIpc) is 2.50. The third kappa shape index (κ3) is 4.61. The van der Waals surface area contributed by atoms with Crippen molar-refractivity contribution in [3.63, 3.8) is 0 Å². The van der Waals surface area contributed by atoms with E-state index in [0.29, 0.717) is 18.8 Å². The lowest BCUT2D eigenvalue weighted by Gasteiger charge is -2.19. The van der Waals surface area contributed by atoms with E-state index in [2.05, 4.69) is 23.6 Å². The van der Waals surface area contributed by atoms with Gasteiger partial charge < -0.3 is 9.52 Å². The maximum Gasteiger partial charge on any atom is 0.226 e. The van der Waals surface area contributed by atoms with Gasteiger partial charge in [0, 0.05) is 19.2 Å². The van der Waals surface area contributed by atoms with Crippen LogP contribution in [0.2, 0.25) is 0 Å². The minimum Gasteiger partial charge on any atom is -0.502 e. The Bertz CT molecular complexity index is 634. The van der Waals surface area contributed by atoms with Gasteiger partial charge in [-0.2, -0.15) is 0 Å². The van der Waals surface area contributed by atoms with Gasteiger partial charge in [-0.05, 0) is 12.0 Å². The van der Waals surface area contributed by atoms with Gasteiger partial charge in [0.1, 0.15) is 12.0 Å². The van der Waals surface area contributed by atoms with Gasteiger partial charge >= 0.3 is 0 Å². The second-order valence-corrected chi connectivity index (χ2v) is 4.86. The molecule has 0 spiro atoms. The Balaban J connectivity index is 1.99. The molecule has 1 aromatic heterocycles. The summed E-state index contributed by atoms with van der Waals surface area (Å²) in [6.45, 7) is 5.80. The topological polar surface area (TPSA) is 53.7 Å². The molecule has 1 N–H and O–H groups in total. The van der Waals surface area contributed by atoms with E-state index in [4.69, 9.17) is 4.42 Å². The Labute approximate surface area is 124 Å². The van der Waals surface area contributed by atoms with Gasteiger partial charge in [0.2, 0.25) is 5.43 Å². The van der Waals surface area contributed by atoms with E-state index in [0.717, 1.165) is 19.2 Å². The highest BCUT2D eigenvalue weighted by Crippen LogP contribution is 2.08. The van der Waals surface area contributed by atoms with Crippen LogP contribution in [0, 0.1) is 0 Å². The standard InChI is InChI=1S/C17H19NO3/c1-2-9-18(10-8-14-6-4-3-5-7-14)12-15-11-16(19)17(20)13-21-15/h2-7,11,13,20H,1,8-10,12H2. The summed E-state index contributed by atoms with van der Waals surface area (Å²) >= 11 is 0. The normalized spacial score (nSPS) is 10.7. The third-order valence-electron chi connectivity index (χ3n) is 3.19. The maximum absolute atomic E-state index is 11.4. The van der Waals surface area contributed by atoms with Crippen LogP contribution in [-0.2, 0) is 13.0 Å². The van der Waals surface area contributed by atoms with E-state index < -0.39 is 5.43 Å². The van der Waals surface area contributed by atoms with Gasteiger partial charge in [-0.1, -0.05) is 36.4 Å². The zero-order valence-electron chi connectivity index (χ0n) is 11.9. The molecule has 4 nitrogen and oxygen atoms in total. The summed E-state index contributed by atoms with van der Waals surface area (Å²) in [7, 11) is 0. The number of hydrogen-bond acceptors (Lipinski definition) is 4. The number of nitrogens with zero attached hydrogens (tertiary/aromatic N) is 1. The molecule has 0 aliphatic heterocycles. The molecule has 0 amide bonds. The molecule has 1 heterocycles. The summed E-state index contributed by atoms with van der Waals surface area (Å²) in [6.07, 6.45) is 3.82. The summed E-state index contributed by atoms with van der Waals surface area (Å²) in [5.74, 6) is 0.172. The molecule has 0 unspecified atom stereocenters. The first-order valence-electron chi connectivity index (χ1n) is 6.87. The van der Waals surface area contributed by atoms with Gasteiger partial charge in [0.05, 0.1) is 6.54 Å². The lowest BCUT2D eigenvalue weighted by atomic mass is 10.1. The quantitative estimate of drug-likeness (QED) is 0.794. The number of rotatable bonds is 7. The van der Waals surface area contributed by atoms with E-state index in [9.17, 15) is 9.90 Å². The first-order valence-corrected chi connectivity index (χ1v) is 6.87. The Morgan fingerprint density at radius 2 is 2.05 bits per heavy atom. The molecule has 0 radical (unpaired) electrons. The molecular weight excluding hydrogens is 266 g/mol. The molecular formula is C17H19NO3. The summed E-state index contributed by atoms with van der Waals surface area (Å²) < 4.78 is 5.24. The zero-order chi connectivity index (χ0) is 15.1. The molecule has 110 valence electrons. The van der Waals surface area contributed by atoms with Crippen molar-refractivity contribution in [3.05, 3.63) is 76.9 Å². The second-order valence-electron chi connectivity index (χ2n) is 4.86. The van der Waals surface area contributed by atoms with E-state index in [1.165, 1.54) is 11.6 Å². The third-order valence-corrected chi connectivity index (χ3v) is 3.19. The highest BCUT2D eigenvalue weighted by atomic mass is 16.4. The first kappa shape index (κ1) is 15.1. The molecule has 0 atom stereocenters. The highest BCUT2D eigenvalue weighted by molar-refractivity contribution is 5.16. The predicted octanol–water partition coefficient (Wildman–Crippen LogP) is 2.58. The fourth-order valence-electron chi connectivity index (χ4n) is 2.10. The smallest absolute Gasteiger partial charge is 0.226 e. The molecule has 2 rings (SSSR count). The second kappa shape index (κ2) is 7.45. The van der Waals surface area contributed by atoms with Crippen molar-refractivity contribution in [2.24, 2.45) is 0 Å². The fourth-order valence-corrected chi connectivity index (χ4v) is 2.10. The van der Waals surface area contributed by atoms with Crippen LogP contribution in [0.5, 0.6) is 5.75 Å². The molecule has 0 saturated heterocycles. The van der Waals surface area contributed by atoms with Crippen molar-refractivity contribution in [2.45, 2.75) is 13.0 Å². The molecule has 0 aliphatic carbocycles. The molecule has 0 aliphatic rings. The van der Waals surface area contributed by atoms with E-state index >= 15 is 0 Å². The molecule has 21 heavy (non-hydrogen) atoms. The van der Waals surface area contributed by atoms with Crippen molar-refractivity contribution in [1.29, 1.82) is 0 Å². The van der Waals surface area contributed by atoms with Gasteiger partial charge in [0.15, 0.2) is 5.75 Å². The average molecular weight is 285 g/mol. The molecule has 0 bridgehead atoms. The number of benzene rings is 1.